The molecule has 2 aromatic carbocycles. The van der Waals surface area contributed by atoms with Crippen molar-refractivity contribution < 1.29 is 19.2 Å². The molecular formula is C19H16N2O5. The number of rotatable bonds is 5. The van der Waals surface area contributed by atoms with Crippen molar-refractivity contribution >= 4 is 23.6 Å². The average molecular weight is 352 g/mol. The lowest BCUT2D eigenvalue weighted by Crippen LogP contribution is -2.06. The van der Waals surface area contributed by atoms with Crippen molar-refractivity contribution in [1.29, 1.82) is 0 Å². The number of cyclic esters (lactones) is 1. The minimum atomic E-state index is -0.616. The van der Waals surface area contributed by atoms with Crippen LogP contribution in [-0.4, -0.2) is 23.4 Å². The van der Waals surface area contributed by atoms with Crippen LogP contribution < -0.4 is 4.74 Å². The molecule has 7 heteroatoms. The van der Waals surface area contributed by atoms with Crippen LogP contribution in [0.25, 0.3) is 6.08 Å². The molecule has 2 aromatic rings. The Morgan fingerprint density at radius 3 is 2.77 bits per heavy atom. The average Bonchev–Trinajstić information content (AvgIpc) is 2.98. The molecule has 26 heavy (non-hydrogen) atoms. The molecular weight excluding hydrogens is 336 g/mol. The van der Waals surface area contributed by atoms with Crippen molar-refractivity contribution in [2.75, 3.05) is 6.61 Å². The number of esters is 1. The second kappa shape index (κ2) is 7.18. The summed E-state index contributed by atoms with van der Waals surface area (Å²) in [6.07, 6.45) is 1.57. The Balaban J connectivity index is 1.98. The van der Waals surface area contributed by atoms with Crippen LogP contribution in [0.2, 0.25) is 0 Å². The molecule has 0 saturated heterocycles. The minimum absolute atomic E-state index is 0.0400. The number of hydrogen-bond donors (Lipinski definition) is 0. The van der Waals surface area contributed by atoms with Gasteiger partial charge in [-0.15, -0.1) is 0 Å². The van der Waals surface area contributed by atoms with Crippen LogP contribution >= 0.6 is 0 Å². The zero-order valence-electron chi connectivity index (χ0n) is 14.3. The van der Waals surface area contributed by atoms with Crippen molar-refractivity contribution in [3.05, 3.63) is 75.0 Å². The molecule has 7 nitrogen and oxygen atoms in total. The van der Waals surface area contributed by atoms with E-state index in [0.717, 1.165) is 0 Å². The van der Waals surface area contributed by atoms with Crippen LogP contribution in [0.5, 0.6) is 5.75 Å². The predicted octanol–water partition coefficient (Wildman–Crippen LogP) is 3.65. The maximum absolute atomic E-state index is 12.1. The highest BCUT2D eigenvalue weighted by Crippen LogP contribution is 2.26. The monoisotopic (exact) mass is 352 g/mol. The lowest BCUT2D eigenvalue weighted by Gasteiger charge is -2.06. The number of aryl methyl sites for hydroxylation is 1. The van der Waals surface area contributed by atoms with Crippen LogP contribution in [0.3, 0.4) is 0 Å². The van der Waals surface area contributed by atoms with Gasteiger partial charge >= 0.3 is 5.97 Å². The number of hydrogen-bond acceptors (Lipinski definition) is 6. The van der Waals surface area contributed by atoms with Gasteiger partial charge in [-0.3, -0.25) is 10.1 Å². The fraction of sp³-hybridized carbons (Fsp3) is 0.158. The van der Waals surface area contributed by atoms with E-state index in [0.29, 0.717) is 29.0 Å². The maximum atomic E-state index is 12.1. The number of nitro benzene ring substituents is 1. The Labute approximate surface area is 149 Å². The van der Waals surface area contributed by atoms with Gasteiger partial charge in [0.05, 0.1) is 11.5 Å². The van der Waals surface area contributed by atoms with E-state index < -0.39 is 10.9 Å². The summed E-state index contributed by atoms with van der Waals surface area (Å²) in [5.74, 6) is 0.0534. The van der Waals surface area contributed by atoms with Gasteiger partial charge in [0.2, 0.25) is 5.90 Å². The number of nitro groups is 1. The van der Waals surface area contributed by atoms with Crippen LogP contribution in [-0.2, 0) is 9.53 Å². The summed E-state index contributed by atoms with van der Waals surface area (Å²) < 4.78 is 10.7. The smallest absolute Gasteiger partial charge is 0.363 e. The van der Waals surface area contributed by atoms with E-state index >= 15 is 0 Å². The van der Waals surface area contributed by atoms with E-state index in [-0.39, 0.29) is 17.3 Å². The Morgan fingerprint density at radius 2 is 2.04 bits per heavy atom. The molecule has 3 rings (SSSR count). The van der Waals surface area contributed by atoms with Gasteiger partial charge in [-0.05, 0) is 32.1 Å². The molecule has 0 saturated carbocycles. The number of nitrogens with zero attached hydrogens (tertiary/aromatic N) is 2. The molecule has 0 aromatic heterocycles. The van der Waals surface area contributed by atoms with Crippen LogP contribution in [0.15, 0.2) is 53.2 Å². The Hall–Kier alpha value is -3.48. The first-order valence-corrected chi connectivity index (χ1v) is 7.99. The molecule has 0 unspecified atom stereocenters. The number of aliphatic imine (C=N–C) groups is 1. The van der Waals surface area contributed by atoms with E-state index in [2.05, 4.69) is 4.99 Å². The fourth-order valence-corrected chi connectivity index (χ4v) is 2.51. The fourth-order valence-electron chi connectivity index (χ4n) is 2.51. The second-order valence-electron chi connectivity index (χ2n) is 5.57. The van der Waals surface area contributed by atoms with Crippen molar-refractivity contribution in [1.82, 2.24) is 0 Å². The summed E-state index contributed by atoms with van der Waals surface area (Å²) in [7, 11) is 0. The van der Waals surface area contributed by atoms with E-state index in [1.54, 1.807) is 37.3 Å². The standard InChI is InChI=1S/C19H16N2O5/c1-3-25-17-7-5-4-6-13(17)10-15-19(22)26-18(20-15)14-9-8-12(2)16(11-14)21(23)24/h4-11H,3H2,1-2H3/b15-10+. The third-order valence-electron chi connectivity index (χ3n) is 3.78. The van der Waals surface area contributed by atoms with Gasteiger partial charge < -0.3 is 9.47 Å². The summed E-state index contributed by atoms with van der Waals surface area (Å²) >= 11 is 0. The molecule has 1 aliphatic heterocycles. The molecule has 0 radical (unpaired) electrons. The number of carbonyl (C=O) groups is 1. The third kappa shape index (κ3) is 3.46. The Bertz CT molecular complexity index is 947. The lowest BCUT2D eigenvalue weighted by molar-refractivity contribution is -0.385. The van der Waals surface area contributed by atoms with Gasteiger partial charge in [-0.1, -0.05) is 24.3 Å². The van der Waals surface area contributed by atoms with E-state index in [9.17, 15) is 14.9 Å². The highest BCUT2D eigenvalue weighted by Gasteiger charge is 2.26. The minimum Gasteiger partial charge on any atom is -0.493 e. The second-order valence-corrected chi connectivity index (χ2v) is 5.57. The topological polar surface area (TPSA) is 91.0 Å². The van der Waals surface area contributed by atoms with Crippen LogP contribution in [0.4, 0.5) is 5.69 Å². The zero-order chi connectivity index (χ0) is 18.7. The summed E-state index contributed by atoms with van der Waals surface area (Å²) in [6, 6.07) is 11.8. The van der Waals surface area contributed by atoms with Crippen molar-refractivity contribution in [3.63, 3.8) is 0 Å². The van der Waals surface area contributed by atoms with Gasteiger partial charge in [0.15, 0.2) is 5.70 Å². The van der Waals surface area contributed by atoms with E-state index in [1.165, 1.54) is 6.07 Å². The van der Waals surface area contributed by atoms with E-state index in [4.69, 9.17) is 9.47 Å². The molecule has 1 heterocycles. The van der Waals surface area contributed by atoms with E-state index in [1.807, 2.05) is 19.1 Å². The Kier molecular flexibility index (Phi) is 4.79. The molecule has 0 atom stereocenters. The van der Waals surface area contributed by atoms with Gasteiger partial charge in [0, 0.05) is 22.8 Å². The normalized spacial score (nSPS) is 14.9. The molecule has 0 N–H and O–H groups in total. The largest absolute Gasteiger partial charge is 0.493 e. The molecule has 132 valence electrons. The molecule has 0 spiro atoms. The highest BCUT2D eigenvalue weighted by atomic mass is 16.6. The Morgan fingerprint density at radius 1 is 1.27 bits per heavy atom. The molecule has 0 fully saturated rings. The third-order valence-corrected chi connectivity index (χ3v) is 3.78. The van der Waals surface area contributed by atoms with Gasteiger partial charge in [0.1, 0.15) is 5.75 Å². The summed E-state index contributed by atoms with van der Waals surface area (Å²) in [4.78, 5) is 26.9. The number of carbonyl (C=O) groups excluding carboxylic acids is 1. The van der Waals surface area contributed by atoms with Crippen LogP contribution in [0, 0.1) is 17.0 Å². The van der Waals surface area contributed by atoms with Crippen molar-refractivity contribution in [2.45, 2.75) is 13.8 Å². The predicted molar refractivity (Wildman–Crippen MR) is 96.1 cm³/mol. The maximum Gasteiger partial charge on any atom is 0.363 e. The van der Waals surface area contributed by atoms with Crippen molar-refractivity contribution in [3.8, 4) is 5.75 Å². The SMILES string of the molecule is CCOc1ccccc1/C=C1/N=C(c2ccc(C)c([N+](=O)[O-])c2)OC1=O. The molecule has 0 bridgehead atoms. The molecule has 1 aliphatic rings. The molecule has 0 amide bonds. The zero-order valence-corrected chi connectivity index (χ0v) is 14.3. The number of ether oxygens (including phenoxy) is 2. The van der Waals surface area contributed by atoms with Gasteiger partial charge in [-0.25, -0.2) is 9.79 Å². The lowest BCUT2D eigenvalue weighted by atomic mass is 10.1. The summed E-state index contributed by atoms with van der Waals surface area (Å²) in [5.41, 5.74) is 1.64. The van der Waals surface area contributed by atoms with Gasteiger partial charge in [0.25, 0.3) is 5.69 Å². The number of para-hydroxylation sites is 1. The van der Waals surface area contributed by atoms with Crippen molar-refractivity contribution in [2.24, 2.45) is 4.99 Å². The first-order chi connectivity index (χ1) is 12.5. The first-order valence-electron chi connectivity index (χ1n) is 7.99. The first kappa shape index (κ1) is 17.3. The summed E-state index contributed by atoms with van der Waals surface area (Å²) in [6.45, 7) is 4.00. The quantitative estimate of drug-likeness (QED) is 0.354. The highest BCUT2D eigenvalue weighted by molar-refractivity contribution is 6.13. The summed E-state index contributed by atoms with van der Waals surface area (Å²) in [5, 5.41) is 11.1. The van der Waals surface area contributed by atoms with Gasteiger partial charge in [-0.2, -0.15) is 0 Å². The number of benzene rings is 2. The van der Waals surface area contributed by atoms with Crippen LogP contribution in [0.1, 0.15) is 23.6 Å². The molecule has 0 aliphatic carbocycles.